The molecule has 2 atom stereocenters. The maximum Gasteiger partial charge on any atom is 0.253 e. The Kier molecular flexibility index (Phi) is 6.24. The Morgan fingerprint density at radius 2 is 1.83 bits per heavy atom. The lowest BCUT2D eigenvalue weighted by Gasteiger charge is -2.35. The fourth-order valence-electron chi connectivity index (χ4n) is 6.16. The number of nitrogens with one attached hydrogen (secondary N) is 2. The number of benzene rings is 3. The van der Waals surface area contributed by atoms with Crippen LogP contribution >= 0.6 is 0 Å². The van der Waals surface area contributed by atoms with Crippen molar-refractivity contribution in [1.29, 1.82) is 0 Å². The zero-order valence-electron chi connectivity index (χ0n) is 20.6. The Labute approximate surface area is 212 Å². The molecule has 1 aliphatic carbocycles. The first-order valence-corrected chi connectivity index (χ1v) is 13.1. The van der Waals surface area contributed by atoms with Gasteiger partial charge in [-0.3, -0.25) is 4.79 Å². The first-order chi connectivity index (χ1) is 17.7. The lowest BCUT2D eigenvalue weighted by atomic mass is 9.74. The average Bonchev–Trinajstić information content (AvgIpc) is 3.45. The number of rotatable bonds is 8. The third kappa shape index (κ3) is 4.40. The summed E-state index contributed by atoms with van der Waals surface area (Å²) < 4.78 is 1.74. The van der Waals surface area contributed by atoms with Crippen LogP contribution in [-0.4, -0.2) is 23.8 Å². The third-order valence-corrected chi connectivity index (χ3v) is 7.94. The highest BCUT2D eigenvalue weighted by atomic mass is 16.7. The highest BCUT2D eigenvalue weighted by Gasteiger charge is 2.43. The van der Waals surface area contributed by atoms with Gasteiger partial charge in [0.1, 0.15) is 6.61 Å². The average molecular weight is 480 g/mol. The second kappa shape index (κ2) is 9.82. The van der Waals surface area contributed by atoms with Gasteiger partial charge in [0.05, 0.1) is 17.3 Å². The van der Waals surface area contributed by atoms with Gasteiger partial charge in [0, 0.05) is 23.9 Å². The summed E-state index contributed by atoms with van der Waals surface area (Å²) in [5.41, 5.74) is 5.37. The van der Waals surface area contributed by atoms with Gasteiger partial charge in [-0.25, -0.2) is 0 Å². The van der Waals surface area contributed by atoms with E-state index in [-0.39, 0.29) is 11.4 Å². The van der Waals surface area contributed by atoms with Crippen LogP contribution in [0.1, 0.15) is 52.7 Å². The summed E-state index contributed by atoms with van der Waals surface area (Å²) in [4.78, 5) is 19.5. The minimum Gasteiger partial charge on any atom is -0.413 e. The van der Waals surface area contributed by atoms with E-state index >= 15 is 0 Å². The molecule has 3 aromatic carbocycles. The molecule has 5 nitrogen and oxygen atoms in total. The van der Waals surface area contributed by atoms with Crippen LogP contribution in [0, 0.1) is 5.92 Å². The second-order valence-electron chi connectivity index (χ2n) is 10.2. The smallest absolute Gasteiger partial charge is 0.253 e. The van der Waals surface area contributed by atoms with Gasteiger partial charge in [-0.2, -0.15) is 4.73 Å². The highest BCUT2D eigenvalue weighted by molar-refractivity contribution is 6.06. The molecule has 2 N–H and O–H groups in total. The van der Waals surface area contributed by atoms with Crippen LogP contribution in [0.15, 0.2) is 85.1 Å². The first-order valence-electron chi connectivity index (χ1n) is 13.1. The molecule has 2 unspecified atom stereocenters. The molecule has 1 amide bonds. The zero-order valence-corrected chi connectivity index (χ0v) is 20.6. The van der Waals surface area contributed by atoms with Gasteiger partial charge < -0.3 is 15.5 Å². The zero-order chi connectivity index (χ0) is 24.4. The van der Waals surface area contributed by atoms with E-state index in [0.29, 0.717) is 18.7 Å². The molecule has 6 rings (SSSR count). The highest BCUT2D eigenvalue weighted by Crippen LogP contribution is 2.45. The lowest BCUT2D eigenvalue weighted by Crippen LogP contribution is -2.38. The minimum absolute atomic E-state index is 0.0624. The molecular weight excluding hydrogens is 446 g/mol. The quantitative estimate of drug-likeness (QED) is 0.364. The molecular formula is C31H33N3O2. The summed E-state index contributed by atoms with van der Waals surface area (Å²) in [6.45, 7) is 2.15. The van der Waals surface area contributed by atoms with E-state index in [1.165, 1.54) is 42.4 Å². The minimum atomic E-state index is -0.0789. The van der Waals surface area contributed by atoms with E-state index < -0.39 is 0 Å². The summed E-state index contributed by atoms with van der Waals surface area (Å²) >= 11 is 0. The topological polar surface area (TPSA) is 55.3 Å². The van der Waals surface area contributed by atoms with Gasteiger partial charge in [0.25, 0.3) is 5.91 Å². The van der Waals surface area contributed by atoms with E-state index in [1.54, 1.807) is 4.73 Å². The van der Waals surface area contributed by atoms with Crippen LogP contribution in [-0.2, 0) is 18.5 Å². The number of hydrogen-bond acceptors (Lipinski definition) is 3. The monoisotopic (exact) mass is 479 g/mol. The second-order valence-corrected chi connectivity index (χ2v) is 10.2. The summed E-state index contributed by atoms with van der Waals surface area (Å²) in [5.74, 6) is 0.694. The van der Waals surface area contributed by atoms with Gasteiger partial charge >= 0.3 is 0 Å². The van der Waals surface area contributed by atoms with Crippen molar-refractivity contribution in [1.82, 2.24) is 15.4 Å². The Bertz CT molecular complexity index is 1360. The Hall–Kier alpha value is -3.57. The van der Waals surface area contributed by atoms with E-state index in [4.69, 9.17) is 4.84 Å². The molecule has 5 heteroatoms. The molecule has 1 aliphatic heterocycles. The first kappa shape index (κ1) is 22.9. The van der Waals surface area contributed by atoms with Crippen molar-refractivity contribution in [3.05, 3.63) is 107 Å². The maximum atomic E-state index is 13.4. The summed E-state index contributed by atoms with van der Waals surface area (Å²) in [6.07, 6.45) is 7.59. The molecule has 0 radical (unpaired) electrons. The molecule has 2 heterocycles. The van der Waals surface area contributed by atoms with Gasteiger partial charge in [-0.15, -0.1) is 0 Å². The standard InChI is InChI=1S/C31H33N3O2/c35-30(32-21-25-12-4-6-14-28(25)31-17-8-11-24(19-31)20-33-31)27-22-34(29-15-7-5-13-26(27)29)36-18-16-23-9-2-1-3-10-23/h1-7,9-10,12-15,22,24,33H,8,11,16-21H2,(H,32,35). The van der Waals surface area contributed by atoms with Crippen molar-refractivity contribution in [2.24, 2.45) is 5.92 Å². The van der Waals surface area contributed by atoms with Crippen LogP contribution in [0.4, 0.5) is 0 Å². The Balaban J connectivity index is 1.18. The lowest BCUT2D eigenvalue weighted by molar-refractivity contribution is 0.0944. The van der Waals surface area contributed by atoms with Crippen molar-refractivity contribution in [3.8, 4) is 0 Å². The number of carbonyl (C=O) groups excluding carboxylic acids is 1. The van der Waals surface area contributed by atoms with E-state index in [1.807, 2.05) is 48.7 Å². The summed E-state index contributed by atoms with van der Waals surface area (Å²) in [5, 5.41) is 7.93. The molecule has 2 aliphatic rings. The van der Waals surface area contributed by atoms with E-state index in [2.05, 4.69) is 47.0 Å². The summed E-state index contributed by atoms with van der Waals surface area (Å²) in [7, 11) is 0. The molecule has 36 heavy (non-hydrogen) atoms. The molecule has 1 saturated heterocycles. The number of carbonyl (C=O) groups is 1. The largest absolute Gasteiger partial charge is 0.413 e. The fourth-order valence-corrected chi connectivity index (χ4v) is 6.16. The molecule has 1 aromatic heterocycles. The van der Waals surface area contributed by atoms with Gasteiger partial charge in [-0.05, 0) is 54.5 Å². The van der Waals surface area contributed by atoms with Crippen molar-refractivity contribution < 1.29 is 9.63 Å². The number of nitrogens with zero attached hydrogens (tertiary/aromatic N) is 1. The van der Waals surface area contributed by atoms with Crippen LogP contribution < -0.4 is 15.5 Å². The van der Waals surface area contributed by atoms with Crippen molar-refractivity contribution >= 4 is 16.8 Å². The molecule has 0 spiro atoms. The molecule has 184 valence electrons. The predicted octanol–water partition coefficient (Wildman–Crippen LogP) is 5.23. The molecule has 1 saturated carbocycles. The number of amides is 1. The molecule has 4 aromatic rings. The third-order valence-electron chi connectivity index (χ3n) is 7.94. The van der Waals surface area contributed by atoms with E-state index in [0.717, 1.165) is 29.8 Å². The van der Waals surface area contributed by atoms with Crippen LogP contribution in [0.25, 0.3) is 10.9 Å². The normalized spacial score (nSPS) is 20.9. The predicted molar refractivity (Wildman–Crippen MR) is 143 cm³/mol. The number of aromatic nitrogens is 1. The molecule has 2 fully saturated rings. The fraction of sp³-hybridized carbons (Fsp3) is 0.323. The maximum absolute atomic E-state index is 13.4. The van der Waals surface area contributed by atoms with Crippen molar-refractivity contribution in [2.45, 2.75) is 44.2 Å². The number of para-hydroxylation sites is 1. The van der Waals surface area contributed by atoms with Crippen molar-refractivity contribution in [2.75, 3.05) is 13.2 Å². The SMILES string of the molecule is O=C(NCc1ccccc1C12CCCC(CN1)C2)c1cn(OCCc2ccccc2)c2ccccc12. The van der Waals surface area contributed by atoms with Crippen LogP contribution in [0.3, 0.4) is 0 Å². The van der Waals surface area contributed by atoms with Gasteiger partial charge in [-0.1, -0.05) is 79.2 Å². The number of fused-ring (bicyclic) bond motifs is 3. The van der Waals surface area contributed by atoms with Crippen molar-refractivity contribution in [3.63, 3.8) is 0 Å². The van der Waals surface area contributed by atoms with E-state index in [9.17, 15) is 4.79 Å². The Morgan fingerprint density at radius 3 is 2.75 bits per heavy atom. The Morgan fingerprint density at radius 1 is 1.03 bits per heavy atom. The van der Waals surface area contributed by atoms with Crippen LogP contribution in [0.5, 0.6) is 0 Å². The van der Waals surface area contributed by atoms with Crippen LogP contribution in [0.2, 0.25) is 0 Å². The molecule has 2 bridgehead atoms. The summed E-state index contributed by atoms with van der Waals surface area (Å²) in [6, 6.07) is 26.8. The number of hydrogen-bond donors (Lipinski definition) is 2. The van der Waals surface area contributed by atoms with Gasteiger partial charge in [0.15, 0.2) is 0 Å². The van der Waals surface area contributed by atoms with Gasteiger partial charge in [0.2, 0.25) is 0 Å².